The first-order chi connectivity index (χ1) is 10.2. The van der Waals surface area contributed by atoms with Crippen LogP contribution in [-0.4, -0.2) is 29.2 Å². The molecule has 1 atom stereocenters. The fraction of sp³-hybridized carbons (Fsp3) is 0.556. The van der Waals surface area contributed by atoms with Gasteiger partial charge in [-0.1, -0.05) is 31.3 Å². The molecule has 0 saturated carbocycles. The number of aliphatic hydroxyl groups is 1. The van der Waals surface area contributed by atoms with Crippen LogP contribution in [0.1, 0.15) is 50.2 Å². The van der Waals surface area contributed by atoms with E-state index in [0.717, 1.165) is 18.5 Å². The van der Waals surface area contributed by atoms with E-state index < -0.39 is 0 Å². The van der Waals surface area contributed by atoms with Crippen molar-refractivity contribution in [2.24, 2.45) is 0 Å². The van der Waals surface area contributed by atoms with Gasteiger partial charge in [-0.25, -0.2) is 4.39 Å². The molecule has 1 aliphatic rings. The van der Waals surface area contributed by atoms with Crippen molar-refractivity contribution >= 4 is 0 Å². The number of aliphatic hydroxyl groups excluding tert-OH is 1. The number of piperidine rings is 1. The number of halogens is 1. The van der Waals surface area contributed by atoms with Crippen LogP contribution in [0.5, 0.6) is 0 Å². The summed E-state index contributed by atoms with van der Waals surface area (Å²) in [4.78, 5) is 2.40. The molecule has 3 heteroatoms. The molecule has 1 aromatic carbocycles. The maximum Gasteiger partial charge on any atom is 0.128 e. The molecule has 0 aliphatic carbocycles. The highest BCUT2D eigenvalue weighted by atomic mass is 19.1. The first kappa shape index (κ1) is 16.0. The van der Waals surface area contributed by atoms with Gasteiger partial charge in [0, 0.05) is 30.1 Å². The van der Waals surface area contributed by atoms with Crippen molar-refractivity contribution in [1.82, 2.24) is 4.90 Å². The van der Waals surface area contributed by atoms with Crippen LogP contribution in [0.3, 0.4) is 0 Å². The summed E-state index contributed by atoms with van der Waals surface area (Å²) in [5.41, 5.74) is 1.43. The molecule has 0 spiro atoms. The molecule has 0 amide bonds. The van der Waals surface area contributed by atoms with E-state index in [9.17, 15) is 4.39 Å². The molecule has 0 aromatic heterocycles. The van der Waals surface area contributed by atoms with E-state index in [1.54, 1.807) is 0 Å². The number of nitrogens with zero attached hydrogens (tertiary/aromatic N) is 1. The summed E-state index contributed by atoms with van der Waals surface area (Å²) in [6.07, 6.45) is 5.28. The Labute approximate surface area is 127 Å². The Morgan fingerprint density at radius 1 is 1.38 bits per heavy atom. The first-order valence-corrected chi connectivity index (χ1v) is 7.86. The fourth-order valence-corrected chi connectivity index (χ4v) is 2.92. The van der Waals surface area contributed by atoms with Crippen LogP contribution < -0.4 is 0 Å². The van der Waals surface area contributed by atoms with Gasteiger partial charge in [-0.05, 0) is 37.9 Å². The molecule has 114 valence electrons. The minimum Gasteiger partial charge on any atom is -0.395 e. The predicted octanol–water partition coefficient (Wildman–Crippen LogP) is 3.32. The van der Waals surface area contributed by atoms with Crippen LogP contribution in [0.2, 0.25) is 0 Å². The maximum absolute atomic E-state index is 14.2. The van der Waals surface area contributed by atoms with Gasteiger partial charge in [0.15, 0.2) is 0 Å². The van der Waals surface area contributed by atoms with Gasteiger partial charge >= 0.3 is 0 Å². The lowest BCUT2D eigenvalue weighted by atomic mass is 9.99. The highest BCUT2D eigenvalue weighted by Crippen LogP contribution is 2.22. The molecule has 1 N–H and O–H groups in total. The molecular weight excluding hydrogens is 265 g/mol. The van der Waals surface area contributed by atoms with Crippen molar-refractivity contribution in [3.05, 3.63) is 35.1 Å². The Balaban J connectivity index is 2.05. The van der Waals surface area contributed by atoms with E-state index in [4.69, 9.17) is 5.11 Å². The Morgan fingerprint density at radius 2 is 2.24 bits per heavy atom. The summed E-state index contributed by atoms with van der Waals surface area (Å²) in [6.45, 7) is 4.00. The van der Waals surface area contributed by atoms with Crippen LogP contribution in [0.25, 0.3) is 0 Å². The second-order valence-corrected chi connectivity index (χ2v) is 5.61. The van der Waals surface area contributed by atoms with Crippen molar-refractivity contribution < 1.29 is 9.50 Å². The van der Waals surface area contributed by atoms with Gasteiger partial charge in [-0.3, -0.25) is 4.90 Å². The van der Waals surface area contributed by atoms with Crippen molar-refractivity contribution in [2.45, 2.75) is 51.6 Å². The smallest absolute Gasteiger partial charge is 0.128 e. The van der Waals surface area contributed by atoms with Crippen LogP contribution in [-0.2, 0) is 6.54 Å². The van der Waals surface area contributed by atoms with E-state index in [2.05, 4.69) is 23.7 Å². The third-order valence-corrected chi connectivity index (χ3v) is 4.12. The minimum absolute atomic E-state index is 0.0426. The summed E-state index contributed by atoms with van der Waals surface area (Å²) < 4.78 is 14.2. The molecule has 0 bridgehead atoms. The molecule has 1 fully saturated rings. The lowest BCUT2D eigenvalue weighted by molar-refractivity contribution is 0.134. The van der Waals surface area contributed by atoms with Crippen LogP contribution in [0.15, 0.2) is 18.2 Å². The molecule has 1 unspecified atom stereocenters. The summed E-state index contributed by atoms with van der Waals surface area (Å²) in [5, 5.41) is 8.69. The third kappa shape index (κ3) is 4.56. The third-order valence-electron chi connectivity index (χ3n) is 4.12. The average molecular weight is 289 g/mol. The molecule has 2 nitrogen and oxygen atoms in total. The SMILES string of the molecule is CCC1CCCCN1Cc1ccc(C#CCCO)cc1F. The van der Waals surface area contributed by atoms with Crippen LogP contribution in [0, 0.1) is 17.7 Å². The van der Waals surface area contributed by atoms with Gasteiger partial charge in [-0.2, -0.15) is 0 Å². The van der Waals surface area contributed by atoms with Gasteiger partial charge in [0.1, 0.15) is 5.82 Å². The largest absolute Gasteiger partial charge is 0.395 e. The average Bonchev–Trinajstić information content (AvgIpc) is 2.50. The number of likely N-dealkylation sites (tertiary alicyclic amines) is 1. The van der Waals surface area contributed by atoms with E-state index in [-0.39, 0.29) is 12.4 Å². The second kappa shape index (κ2) is 8.17. The predicted molar refractivity (Wildman–Crippen MR) is 83.3 cm³/mol. The Bertz CT molecular complexity index is 518. The maximum atomic E-state index is 14.2. The van der Waals surface area contributed by atoms with Gasteiger partial charge < -0.3 is 5.11 Å². The molecule has 2 rings (SSSR count). The Hall–Kier alpha value is -1.37. The van der Waals surface area contributed by atoms with Gasteiger partial charge in [-0.15, -0.1) is 0 Å². The zero-order valence-corrected chi connectivity index (χ0v) is 12.7. The van der Waals surface area contributed by atoms with Gasteiger partial charge in [0.05, 0.1) is 6.61 Å². The van der Waals surface area contributed by atoms with Crippen molar-refractivity contribution in [3.8, 4) is 11.8 Å². The Kier molecular flexibility index (Phi) is 6.22. The topological polar surface area (TPSA) is 23.5 Å². The molecule has 1 heterocycles. The van der Waals surface area contributed by atoms with E-state index in [1.807, 2.05) is 12.1 Å². The standard InChI is InChI=1S/C18H24FNO/c1-2-17-8-3-5-11-20(17)14-16-10-9-15(13-18(16)19)7-4-6-12-21/h9-10,13,17,21H,2-3,5-6,8,11-12,14H2,1H3. The summed E-state index contributed by atoms with van der Waals surface area (Å²) >= 11 is 0. The summed E-state index contributed by atoms with van der Waals surface area (Å²) in [5.74, 6) is 5.52. The second-order valence-electron chi connectivity index (χ2n) is 5.61. The van der Waals surface area contributed by atoms with Crippen molar-refractivity contribution in [1.29, 1.82) is 0 Å². The monoisotopic (exact) mass is 289 g/mol. The van der Waals surface area contributed by atoms with Crippen molar-refractivity contribution in [2.75, 3.05) is 13.2 Å². The highest BCUT2D eigenvalue weighted by molar-refractivity contribution is 5.37. The molecule has 0 radical (unpaired) electrons. The quantitative estimate of drug-likeness (QED) is 0.860. The highest BCUT2D eigenvalue weighted by Gasteiger charge is 2.21. The summed E-state index contributed by atoms with van der Waals surface area (Å²) in [6, 6.07) is 5.81. The zero-order valence-electron chi connectivity index (χ0n) is 12.7. The number of hydrogen-bond donors (Lipinski definition) is 1. The lowest BCUT2D eigenvalue weighted by Gasteiger charge is -2.35. The molecule has 1 saturated heterocycles. The summed E-state index contributed by atoms with van der Waals surface area (Å²) in [7, 11) is 0. The molecule has 1 aliphatic heterocycles. The normalized spacial score (nSPS) is 19.1. The molecule has 21 heavy (non-hydrogen) atoms. The van der Waals surface area contributed by atoms with Crippen LogP contribution >= 0.6 is 0 Å². The minimum atomic E-state index is -0.175. The first-order valence-electron chi connectivity index (χ1n) is 7.86. The Morgan fingerprint density at radius 3 is 2.95 bits per heavy atom. The van der Waals surface area contributed by atoms with E-state index >= 15 is 0 Å². The molecule has 1 aromatic rings. The van der Waals surface area contributed by atoms with Crippen LogP contribution in [0.4, 0.5) is 4.39 Å². The van der Waals surface area contributed by atoms with E-state index in [1.165, 1.54) is 25.3 Å². The van der Waals surface area contributed by atoms with E-state index in [0.29, 0.717) is 24.6 Å². The number of benzene rings is 1. The lowest BCUT2D eigenvalue weighted by Crippen LogP contribution is -2.38. The zero-order chi connectivity index (χ0) is 15.1. The van der Waals surface area contributed by atoms with Gasteiger partial charge in [0.25, 0.3) is 0 Å². The number of rotatable bonds is 4. The van der Waals surface area contributed by atoms with Crippen molar-refractivity contribution in [3.63, 3.8) is 0 Å². The van der Waals surface area contributed by atoms with Gasteiger partial charge in [0.2, 0.25) is 0 Å². The molecular formula is C18H24FNO. The number of hydrogen-bond acceptors (Lipinski definition) is 2. The fourth-order valence-electron chi connectivity index (χ4n) is 2.92.